The minimum absolute atomic E-state index is 0.163. The maximum atomic E-state index is 12.2. The van der Waals surface area contributed by atoms with Crippen molar-refractivity contribution in [3.05, 3.63) is 45.7 Å². The van der Waals surface area contributed by atoms with Crippen molar-refractivity contribution in [3.8, 4) is 0 Å². The van der Waals surface area contributed by atoms with Gasteiger partial charge >= 0.3 is 0 Å². The molecule has 18 heavy (non-hydrogen) atoms. The Labute approximate surface area is 107 Å². The van der Waals surface area contributed by atoms with Crippen LogP contribution in [-0.4, -0.2) is 4.98 Å². The van der Waals surface area contributed by atoms with Crippen molar-refractivity contribution in [1.29, 1.82) is 0 Å². The summed E-state index contributed by atoms with van der Waals surface area (Å²) >= 11 is 0. The second-order valence-electron chi connectivity index (χ2n) is 5.48. The molecule has 0 amide bonds. The summed E-state index contributed by atoms with van der Waals surface area (Å²) in [6.07, 6.45) is 3.53. The average molecular weight is 241 g/mol. The lowest BCUT2D eigenvalue weighted by atomic mass is 9.97. The van der Waals surface area contributed by atoms with Crippen LogP contribution in [0, 0.1) is 0 Å². The highest BCUT2D eigenvalue weighted by Crippen LogP contribution is 2.38. The van der Waals surface area contributed by atoms with E-state index in [0.29, 0.717) is 11.8 Å². The lowest BCUT2D eigenvalue weighted by Gasteiger charge is -2.10. The Morgan fingerprint density at radius 2 is 2.11 bits per heavy atom. The summed E-state index contributed by atoms with van der Waals surface area (Å²) in [5, 5.41) is 0.831. The molecule has 1 unspecified atom stereocenters. The summed E-state index contributed by atoms with van der Waals surface area (Å²) in [6.45, 7) is 4.38. The first-order valence-corrected chi connectivity index (χ1v) is 6.86. The summed E-state index contributed by atoms with van der Waals surface area (Å²) < 4.78 is 0. The number of nitrogens with one attached hydrogen (secondary N) is 1. The van der Waals surface area contributed by atoms with E-state index < -0.39 is 0 Å². The van der Waals surface area contributed by atoms with Crippen LogP contribution in [0.15, 0.2) is 29.1 Å². The van der Waals surface area contributed by atoms with Gasteiger partial charge in [0.25, 0.3) is 0 Å². The van der Waals surface area contributed by atoms with Crippen LogP contribution in [0.5, 0.6) is 0 Å². The highest BCUT2D eigenvalue weighted by atomic mass is 16.1. The molecule has 1 N–H and O–H groups in total. The topological polar surface area (TPSA) is 32.9 Å². The molecule has 2 nitrogen and oxygen atoms in total. The molecule has 1 aromatic carbocycles. The zero-order valence-electron chi connectivity index (χ0n) is 11.0. The fourth-order valence-corrected chi connectivity index (χ4v) is 2.44. The second-order valence-corrected chi connectivity index (χ2v) is 5.48. The Kier molecular flexibility index (Phi) is 2.73. The molecule has 1 aliphatic rings. The van der Waals surface area contributed by atoms with Crippen molar-refractivity contribution in [1.82, 2.24) is 4.98 Å². The molecule has 0 bridgehead atoms. The third-order valence-corrected chi connectivity index (χ3v) is 4.07. The Balaban J connectivity index is 2.14. The van der Waals surface area contributed by atoms with Crippen LogP contribution in [0.2, 0.25) is 0 Å². The molecule has 0 aliphatic heterocycles. The number of pyridine rings is 1. The molecule has 0 spiro atoms. The lowest BCUT2D eigenvalue weighted by molar-refractivity contribution is 0.734. The van der Waals surface area contributed by atoms with E-state index in [1.54, 1.807) is 6.07 Å². The standard InChI is InChI=1S/C16H19NO/c1-3-10(2)12-6-7-14-13(8-12)16(18)9-15(17-14)11-4-5-11/h6-11H,3-5H2,1-2H3,(H,17,18). The van der Waals surface area contributed by atoms with Gasteiger partial charge in [0.05, 0.1) is 0 Å². The van der Waals surface area contributed by atoms with E-state index in [2.05, 4.69) is 37.0 Å². The number of hydrogen-bond acceptors (Lipinski definition) is 1. The highest BCUT2D eigenvalue weighted by Gasteiger charge is 2.24. The zero-order chi connectivity index (χ0) is 12.7. The number of fused-ring (bicyclic) bond motifs is 1. The monoisotopic (exact) mass is 241 g/mol. The molecule has 2 heteroatoms. The third kappa shape index (κ3) is 1.96. The van der Waals surface area contributed by atoms with Crippen molar-refractivity contribution < 1.29 is 0 Å². The molecule has 1 atom stereocenters. The first-order valence-electron chi connectivity index (χ1n) is 6.86. The van der Waals surface area contributed by atoms with Gasteiger partial charge in [0.2, 0.25) is 0 Å². The molecule has 94 valence electrons. The highest BCUT2D eigenvalue weighted by molar-refractivity contribution is 5.79. The summed E-state index contributed by atoms with van der Waals surface area (Å²) in [6, 6.07) is 8.05. The van der Waals surface area contributed by atoms with Gasteiger partial charge in [-0.25, -0.2) is 0 Å². The van der Waals surface area contributed by atoms with E-state index in [-0.39, 0.29) is 5.43 Å². The van der Waals surface area contributed by atoms with Crippen LogP contribution in [-0.2, 0) is 0 Å². The van der Waals surface area contributed by atoms with E-state index in [0.717, 1.165) is 23.0 Å². The quantitative estimate of drug-likeness (QED) is 0.868. The van der Waals surface area contributed by atoms with Crippen molar-refractivity contribution in [2.75, 3.05) is 0 Å². The largest absolute Gasteiger partial charge is 0.358 e. The van der Waals surface area contributed by atoms with E-state index in [1.165, 1.54) is 18.4 Å². The van der Waals surface area contributed by atoms with Crippen LogP contribution in [0.25, 0.3) is 10.9 Å². The number of hydrogen-bond donors (Lipinski definition) is 1. The Hall–Kier alpha value is -1.57. The molecule has 1 fully saturated rings. The molecule has 1 aliphatic carbocycles. The molecular formula is C16H19NO. The van der Waals surface area contributed by atoms with Crippen molar-refractivity contribution >= 4 is 10.9 Å². The molecule has 3 rings (SSSR count). The van der Waals surface area contributed by atoms with Crippen molar-refractivity contribution in [3.63, 3.8) is 0 Å². The van der Waals surface area contributed by atoms with E-state index in [9.17, 15) is 4.79 Å². The minimum atomic E-state index is 0.163. The van der Waals surface area contributed by atoms with Crippen LogP contribution < -0.4 is 5.43 Å². The Bertz CT molecular complexity index is 637. The van der Waals surface area contributed by atoms with Gasteiger partial charge in [-0.15, -0.1) is 0 Å². The second kappa shape index (κ2) is 4.27. The first kappa shape index (κ1) is 11.5. The van der Waals surface area contributed by atoms with E-state index in [4.69, 9.17) is 0 Å². The van der Waals surface area contributed by atoms with Gasteiger partial charge in [-0.1, -0.05) is 19.9 Å². The smallest absolute Gasteiger partial charge is 0.189 e. The van der Waals surface area contributed by atoms with E-state index >= 15 is 0 Å². The zero-order valence-corrected chi connectivity index (χ0v) is 11.0. The molecule has 0 radical (unpaired) electrons. The molecular weight excluding hydrogens is 222 g/mol. The van der Waals surface area contributed by atoms with Gasteiger partial charge in [-0.3, -0.25) is 4.79 Å². The number of H-pyrrole nitrogens is 1. The van der Waals surface area contributed by atoms with Gasteiger partial charge in [-0.2, -0.15) is 0 Å². The normalized spacial score (nSPS) is 17.0. The average Bonchev–Trinajstić information content (AvgIpc) is 3.21. The predicted octanol–water partition coefficient (Wildman–Crippen LogP) is 3.92. The number of rotatable bonds is 3. The van der Waals surface area contributed by atoms with Crippen LogP contribution in [0.3, 0.4) is 0 Å². The summed E-state index contributed by atoms with van der Waals surface area (Å²) in [4.78, 5) is 15.6. The predicted molar refractivity (Wildman–Crippen MR) is 75.2 cm³/mol. The maximum absolute atomic E-state index is 12.2. The summed E-state index contributed by atoms with van der Waals surface area (Å²) in [7, 11) is 0. The fraction of sp³-hybridized carbons (Fsp3) is 0.438. The van der Waals surface area contributed by atoms with Gasteiger partial charge < -0.3 is 4.98 Å². The molecule has 1 aromatic heterocycles. The van der Waals surface area contributed by atoms with Crippen LogP contribution in [0.1, 0.15) is 56.2 Å². The molecule has 1 heterocycles. The van der Waals surface area contributed by atoms with Gasteiger partial charge in [-0.05, 0) is 48.8 Å². The number of aromatic amines is 1. The third-order valence-electron chi connectivity index (χ3n) is 4.07. The molecule has 2 aromatic rings. The Morgan fingerprint density at radius 1 is 1.33 bits per heavy atom. The number of aromatic nitrogens is 1. The SMILES string of the molecule is CCC(C)c1ccc2[nH]c(C3CC3)cc(=O)c2c1. The maximum Gasteiger partial charge on any atom is 0.189 e. The van der Waals surface area contributed by atoms with Crippen LogP contribution >= 0.6 is 0 Å². The van der Waals surface area contributed by atoms with Gasteiger partial charge in [0.1, 0.15) is 0 Å². The van der Waals surface area contributed by atoms with Crippen molar-refractivity contribution in [2.45, 2.75) is 44.9 Å². The summed E-state index contributed by atoms with van der Waals surface area (Å²) in [5.41, 5.74) is 3.52. The minimum Gasteiger partial charge on any atom is -0.358 e. The first-order chi connectivity index (χ1) is 8.69. The lowest BCUT2D eigenvalue weighted by Crippen LogP contribution is -2.05. The number of benzene rings is 1. The molecule has 0 saturated heterocycles. The fourth-order valence-electron chi connectivity index (χ4n) is 2.44. The Morgan fingerprint density at radius 3 is 2.78 bits per heavy atom. The van der Waals surface area contributed by atoms with E-state index in [1.807, 2.05) is 0 Å². The summed E-state index contributed by atoms with van der Waals surface area (Å²) in [5.74, 6) is 1.10. The van der Waals surface area contributed by atoms with Gasteiger partial charge in [0.15, 0.2) is 5.43 Å². The van der Waals surface area contributed by atoms with Crippen LogP contribution in [0.4, 0.5) is 0 Å². The van der Waals surface area contributed by atoms with Gasteiger partial charge in [0, 0.05) is 22.7 Å². The van der Waals surface area contributed by atoms with Crippen molar-refractivity contribution in [2.24, 2.45) is 0 Å². The molecule has 1 saturated carbocycles.